The highest BCUT2D eigenvalue weighted by molar-refractivity contribution is 8.14. The first-order valence-electron chi connectivity index (χ1n) is 22.8. The summed E-state index contributed by atoms with van der Waals surface area (Å²) in [5.74, 6) is -31.4. The van der Waals surface area contributed by atoms with Crippen molar-refractivity contribution in [2.45, 2.75) is 72.7 Å². The lowest BCUT2D eigenvalue weighted by molar-refractivity contribution is -0.671. The number of allylic oxidation sites excluding steroid dienone is 6. The van der Waals surface area contributed by atoms with Gasteiger partial charge in [-0.1, -0.05) is 0 Å². The van der Waals surface area contributed by atoms with E-state index < -0.39 is 67.3 Å². The van der Waals surface area contributed by atoms with Crippen LogP contribution in [0.3, 0.4) is 0 Å². The topological polar surface area (TPSA) is 15.5 Å². The van der Waals surface area contributed by atoms with Gasteiger partial charge in [0.15, 0.2) is 49.6 Å². The first kappa shape index (κ1) is 52.0. The Morgan fingerprint density at radius 2 is 0.635 bits per heavy atom. The van der Waals surface area contributed by atoms with Gasteiger partial charge >= 0.3 is 35.5 Å². The van der Waals surface area contributed by atoms with Gasteiger partial charge in [0.05, 0.1) is 9.49 Å². The van der Waals surface area contributed by atoms with Crippen LogP contribution in [-0.2, 0) is 28.2 Å². The van der Waals surface area contributed by atoms with Gasteiger partial charge in [0, 0.05) is 111 Å². The minimum atomic E-state index is -5.59. The number of halogens is 12. The third kappa shape index (κ3) is 7.33. The molecule has 74 heavy (non-hydrogen) atoms. The molecule has 5 aliphatic rings. The summed E-state index contributed by atoms with van der Waals surface area (Å²) in [7, 11) is 7.26. The molecule has 1 saturated carbocycles. The van der Waals surface area contributed by atoms with Gasteiger partial charge in [-0.05, 0) is 85.4 Å². The second kappa shape index (κ2) is 17.0. The van der Waals surface area contributed by atoms with Crippen molar-refractivity contribution in [2.24, 2.45) is 28.2 Å². The number of rotatable bonds is 6. The fourth-order valence-electron chi connectivity index (χ4n) is 10.0. The molecule has 0 saturated heterocycles. The third-order valence-corrected chi connectivity index (χ3v) is 20.0. The van der Waals surface area contributed by atoms with Crippen LogP contribution >= 0.6 is 46.2 Å². The van der Waals surface area contributed by atoms with Crippen LogP contribution in [-0.4, -0.2) is 45.0 Å². The average molecular weight is 1110 g/mol. The molecule has 6 aromatic rings. The van der Waals surface area contributed by atoms with Gasteiger partial charge < -0.3 is 0 Å². The maximum absolute atomic E-state index is 15.4. The zero-order valence-electron chi connectivity index (χ0n) is 40.5. The normalized spacial score (nSPS) is 24.3. The molecule has 4 nitrogen and oxygen atoms in total. The Bertz CT molecular complexity index is 3250. The van der Waals surface area contributed by atoms with Crippen LogP contribution in [0.2, 0.25) is 0 Å². The Hall–Kier alpha value is -5.44. The quantitative estimate of drug-likeness (QED) is 0.122. The lowest BCUT2D eigenvalue weighted by Crippen LogP contribution is -2.48. The minimum Gasteiger partial charge on any atom is -0.208 e. The van der Waals surface area contributed by atoms with Crippen LogP contribution < -0.4 is 18.3 Å². The second-order valence-corrected chi connectivity index (χ2v) is 24.7. The zero-order chi connectivity index (χ0) is 53.7. The summed E-state index contributed by atoms with van der Waals surface area (Å²) in [6, 6.07) is 16.8. The number of hydrogen-bond acceptors (Lipinski definition) is 4. The Morgan fingerprint density at radius 3 is 0.919 bits per heavy atom. The number of aryl methyl sites for hydroxylation is 6. The van der Waals surface area contributed by atoms with E-state index >= 15 is 35.1 Å². The number of fused-ring (bicyclic) bond motifs is 4. The van der Waals surface area contributed by atoms with Gasteiger partial charge in [-0.25, -0.2) is 18.3 Å². The number of alkyl halides is 12. The molecule has 0 bridgehead atoms. The van der Waals surface area contributed by atoms with E-state index in [4.69, 9.17) is 0 Å². The minimum absolute atomic E-state index is 0.162. The molecule has 20 heteroatoms. The maximum atomic E-state index is 15.4. The van der Waals surface area contributed by atoms with Crippen molar-refractivity contribution in [1.82, 2.24) is 0 Å². The van der Waals surface area contributed by atoms with E-state index in [1.165, 1.54) is 61.7 Å². The molecule has 2 unspecified atom stereocenters. The van der Waals surface area contributed by atoms with Gasteiger partial charge in [0.2, 0.25) is 0 Å². The predicted octanol–water partition coefficient (Wildman–Crippen LogP) is 13.5. The van der Waals surface area contributed by atoms with Gasteiger partial charge in [-0.15, -0.1) is 46.2 Å². The van der Waals surface area contributed by atoms with E-state index in [0.29, 0.717) is 41.8 Å². The molecule has 0 spiro atoms. The number of pyridine rings is 4. The van der Waals surface area contributed by atoms with E-state index in [1.54, 1.807) is 130 Å². The smallest absolute Gasteiger partial charge is 0.208 e. The van der Waals surface area contributed by atoms with Crippen molar-refractivity contribution >= 4 is 67.2 Å². The summed E-state index contributed by atoms with van der Waals surface area (Å²) >= 11 is 4.72. The summed E-state index contributed by atoms with van der Waals surface area (Å²) in [4.78, 5) is 2.70. The zero-order valence-corrected chi connectivity index (χ0v) is 43.8. The monoisotopic (exact) mass is 1100 g/mol. The highest BCUT2D eigenvalue weighted by Gasteiger charge is 2.84. The molecule has 0 N–H and O–H groups in total. The molecule has 3 aliphatic carbocycles. The Morgan fingerprint density at radius 1 is 0.378 bits per heavy atom. The molecule has 11 rings (SSSR count). The molecule has 0 aromatic carbocycles. The second-order valence-electron chi connectivity index (χ2n) is 19.2. The average Bonchev–Trinajstić information content (AvgIpc) is 4.13. The summed E-state index contributed by atoms with van der Waals surface area (Å²) in [6.45, 7) is 6.36. The van der Waals surface area contributed by atoms with Crippen LogP contribution in [0.4, 0.5) is 52.7 Å². The number of hydrogen-bond donors (Lipinski definition) is 0. The summed E-state index contributed by atoms with van der Waals surface area (Å²) in [5, 5.41) is 0. The molecule has 0 radical (unpaired) electrons. The van der Waals surface area contributed by atoms with E-state index in [0.717, 1.165) is 22.7 Å². The third-order valence-electron chi connectivity index (χ3n) is 14.4. The Balaban J connectivity index is 0.000000169. The summed E-state index contributed by atoms with van der Waals surface area (Å²) in [5.41, 5.74) is -3.25. The Labute approximate surface area is 434 Å². The van der Waals surface area contributed by atoms with E-state index in [2.05, 4.69) is 0 Å². The first-order chi connectivity index (χ1) is 34.4. The highest BCUT2D eigenvalue weighted by Crippen LogP contribution is 2.75. The first-order valence-corrected chi connectivity index (χ1v) is 26.1. The number of aromatic nitrogens is 4. The van der Waals surface area contributed by atoms with Gasteiger partial charge in [0.1, 0.15) is 28.2 Å². The van der Waals surface area contributed by atoms with E-state index in [9.17, 15) is 17.6 Å². The Kier molecular flexibility index (Phi) is 12.0. The summed E-state index contributed by atoms with van der Waals surface area (Å²) < 4.78 is 187. The molecule has 1 fully saturated rings. The van der Waals surface area contributed by atoms with E-state index in [-0.39, 0.29) is 32.0 Å². The largest absolute Gasteiger partial charge is 0.380 e. The fraction of sp³-hybridized carbons (Fsp3) is 0.296. The van der Waals surface area contributed by atoms with E-state index in [1.807, 2.05) is 28.2 Å². The number of thioether (sulfide) groups is 2. The predicted molar refractivity (Wildman–Crippen MR) is 265 cm³/mol. The van der Waals surface area contributed by atoms with Crippen molar-refractivity contribution in [1.29, 1.82) is 0 Å². The van der Waals surface area contributed by atoms with Gasteiger partial charge in [-0.3, -0.25) is 0 Å². The van der Waals surface area contributed by atoms with Crippen LogP contribution in [0.15, 0.2) is 145 Å². The van der Waals surface area contributed by atoms with Gasteiger partial charge in [-0.2, -0.15) is 52.7 Å². The highest BCUT2D eigenvalue weighted by atomic mass is 32.2. The molecule has 2 atom stereocenters. The number of thiophene rings is 2. The van der Waals surface area contributed by atoms with Gasteiger partial charge in [0.25, 0.3) is 0 Å². The lowest BCUT2D eigenvalue weighted by Gasteiger charge is -2.47. The number of nitrogens with zero attached hydrogens (tertiary/aromatic N) is 4. The maximum Gasteiger partial charge on any atom is 0.380 e. The molecule has 0 amide bonds. The standard InChI is InChI=1S/2C27H22F6N2S2/c1-23-17(13-19(36-23)15-5-9-34(3)10-6-15)21-22(26(30,31)27(32,33)25(21,28)29)18-14-20(37-24(18,23)2)16-7-11-35(4)12-8-16;1-15-19(13-21(36-15)17-5-9-34(3)10-6-17)23-24(26(30,31)27(32,33)25(23,28)29)20-14-22(37-16(20)2)18-7-11-35(4)12-8-18/h2*5-14H,1-4H3/q2*+2. The summed E-state index contributed by atoms with van der Waals surface area (Å²) in [6.07, 6.45) is 16.9. The molecular formula is C54H44F12N4S4+4. The molecule has 2 aliphatic heterocycles. The van der Waals surface area contributed by atoms with Crippen molar-refractivity contribution in [3.8, 4) is 20.9 Å². The molecule has 8 heterocycles. The molecule has 6 aromatic heterocycles. The fourth-order valence-corrected chi connectivity index (χ4v) is 15.2. The SMILES string of the molecule is C[n+]1ccc(C2=CC3=C4C(=C5C=C(c6cc[n+](C)cc6)SC5(C)C3(C)S2)C(F)(F)C(F)(F)C4(F)F)cc1.Cc1sc(-c2cc[n+](C)cc2)cc1C1=C(c2cc(-c3cc[n+](C)cc3)sc2C)C(F)(F)C(F)(F)C1(F)F. The van der Waals surface area contributed by atoms with Crippen molar-refractivity contribution in [3.63, 3.8) is 0 Å². The van der Waals surface area contributed by atoms with Crippen LogP contribution in [0.5, 0.6) is 0 Å². The van der Waals surface area contributed by atoms with Crippen LogP contribution in [0.1, 0.15) is 45.9 Å². The van der Waals surface area contributed by atoms with Crippen molar-refractivity contribution < 1.29 is 71.0 Å². The van der Waals surface area contributed by atoms with Crippen LogP contribution in [0, 0.1) is 13.8 Å². The van der Waals surface area contributed by atoms with Crippen molar-refractivity contribution in [3.05, 3.63) is 177 Å². The molecule has 384 valence electrons. The lowest BCUT2D eigenvalue weighted by atomic mass is 9.71. The molecular weight excluding hydrogens is 1060 g/mol. The van der Waals surface area contributed by atoms with Crippen molar-refractivity contribution in [2.75, 3.05) is 0 Å². The van der Waals surface area contributed by atoms with Crippen LogP contribution in [0.25, 0.3) is 41.8 Å².